The van der Waals surface area contributed by atoms with Crippen molar-refractivity contribution in [2.24, 2.45) is 0 Å². The van der Waals surface area contributed by atoms with Crippen molar-refractivity contribution in [3.05, 3.63) is 0 Å². The lowest BCUT2D eigenvalue weighted by atomic mass is 15.8. The highest BCUT2D eigenvalue weighted by molar-refractivity contribution is 8.14. The largest absolute Gasteiger partial charge is 0.412 e. The predicted octanol–water partition coefficient (Wildman–Crippen LogP) is -0.711. The molecule has 0 bridgehead atoms. The van der Waals surface area contributed by atoms with E-state index in [1.54, 1.807) is 0 Å². The third kappa shape index (κ3) is 8.11. The first-order valence-electron chi connectivity index (χ1n) is 1.34. The van der Waals surface area contributed by atoms with Crippen LogP contribution in [0.4, 0.5) is 0 Å². The summed E-state index contributed by atoms with van der Waals surface area (Å²) in [5, 5.41) is 0. The summed E-state index contributed by atoms with van der Waals surface area (Å²) in [4.78, 5) is 0. The molecule has 0 aliphatic rings. The van der Waals surface area contributed by atoms with Gasteiger partial charge < -0.3 is 0 Å². The maximum atomic E-state index is 9.65. The molecule has 0 spiro atoms. The quantitative estimate of drug-likeness (QED) is 0.463. The Hall–Kier alpha value is 0.110. The summed E-state index contributed by atoms with van der Waals surface area (Å²) in [6.45, 7) is 0. The number of hydrogen-bond donors (Lipinski definition) is 1. The zero-order chi connectivity index (χ0) is 7.71. The fraction of sp³-hybridized carbons (Fsp3) is 0. The minimum absolute atomic E-state index is 2.89. The SMILES string of the molecule is O=S(=O)(O)OS(=O)(=O)Cl. The fourth-order valence-electron chi connectivity index (χ4n) is 0.103. The van der Waals surface area contributed by atoms with E-state index in [0.717, 1.165) is 0 Å². The smallest absolute Gasteiger partial charge is 0.263 e. The second-order valence-corrected chi connectivity index (χ2v) is 4.21. The first kappa shape index (κ1) is 9.11. The van der Waals surface area contributed by atoms with Gasteiger partial charge in [0, 0.05) is 0 Å². The lowest BCUT2D eigenvalue weighted by molar-refractivity contribution is 0.389. The molecule has 9 heteroatoms. The molecular formula is HClO6S2. The van der Waals surface area contributed by atoms with Crippen LogP contribution < -0.4 is 0 Å². The van der Waals surface area contributed by atoms with Crippen molar-refractivity contribution in [1.82, 2.24) is 0 Å². The van der Waals surface area contributed by atoms with E-state index < -0.39 is 19.7 Å². The van der Waals surface area contributed by atoms with Gasteiger partial charge in [-0.1, -0.05) is 0 Å². The van der Waals surface area contributed by atoms with Crippen molar-refractivity contribution in [1.29, 1.82) is 0 Å². The molecular weight excluding hydrogens is 196 g/mol. The first-order chi connectivity index (χ1) is 3.71. The Bertz CT molecular complexity index is 236. The van der Waals surface area contributed by atoms with Crippen molar-refractivity contribution < 1.29 is 25.0 Å². The highest BCUT2D eigenvalue weighted by atomic mass is 35.7. The van der Waals surface area contributed by atoms with Gasteiger partial charge in [-0.15, -0.1) is 3.63 Å². The molecule has 6 nitrogen and oxygen atoms in total. The second kappa shape index (κ2) is 2.39. The van der Waals surface area contributed by atoms with Crippen LogP contribution in [0.15, 0.2) is 0 Å². The van der Waals surface area contributed by atoms with E-state index in [0.29, 0.717) is 0 Å². The summed E-state index contributed by atoms with van der Waals surface area (Å²) in [5.41, 5.74) is 0. The summed E-state index contributed by atoms with van der Waals surface area (Å²) in [6.07, 6.45) is 0. The summed E-state index contributed by atoms with van der Waals surface area (Å²) >= 11 is 0. The molecule has 0 aliphatic heterocycles. The summed E-state index contributed by atoms with van der Waals surface area (Å²) < 4.78 is 48.9. The maximum absolute atomic E-state index is 9.65. The van der Waals surface area contributed by atoms with Crippen molar-refractivity contribution in [3.63, 3.8) is 0 Å². The number of hydrogen-bond acceptors (Lipinski definition) is 5. The van der Waals surface area contributed by atoms with Crippen molar-refractivity contribution in [3.8, 4) is 0 Å². The highest BCUT2D eigenvalue weighted by Crippen LogP contribution is 2.01. The molecule has 0 saturated carbocycles. The summed E-state index contributed by atoms with van der Waals surface area (Å²) in [6, 6.07) is 0. The zero-order valence-corrected chi connectivity index (χ0v) is 6.07. The maximum Gasteiger partial charge on any atom is 0.412 e. The molecule has 1 N–H and O–H groups in total. The van der Waals surface area contributed by atoms with Gasteiger partial charge in [0.1, 0.15) is 0 Å². The minimum atomic E-state index is -5.00. The minimum Gasteiger partial charge on any atom is -0.263 e. The third-order valence-corrected chi connectivity index (χ3v) is 1.97. The van der Waals surface area contributed by atoms with E-state index in [4.69, 9.17) is 4.55 Å². The van der Waals surface area contributed by atoms with Crippen LogP contribution in [0.3, 0.4) is 0 Å². The average Bonchev–Trinajstić information content (AvgIpc) is 1.14. The molecule has 0 fully saturated rings. The monoisotopic (exact) mass is 196 g/mol. The van der Waals surface area contributed by atoms with E-state index in [9.17, 15) is 16.8 Å². The Morgan fingerprint density at radius 3 is 1.56 bits per heavy atom. The van der Waals surface area contributed by atoms with Gasteiger partial charge in [0.05, 0.1) is 10.7 Å². The molecule has 9 heavy (non-hydrogen) atoms. The lowest BCUT2D eigenvalue weighted by Crippen LogP contribution is -2.06. The molecule has 0 aromatic rings. The first-order valence-corrected chi connectivity index (χ1v) is 4.94. The van der Waals surface area contributed by atoms with Crippen LogP contribution in [0.5, 0.6) is 0 Å². The summed E-state index contributed by atoms with van der Waals surface area (Å²) in [7, 11) is -5.42. The van der Waals surface area contributed by atoms with E-state index >= 15 is 0 Å². The van der Waals surface area contributed by atoms with E-state index in [-0.39, 0.29) is 0 Å². The van der Waals surface area contributed by atoms with Crippen LogP contribution >= 0.6 is 10.7 Å². The van der Waals surface area contributed by atoms with Gasteiger partial charge in [-0.2, -0.15) is 16.8 Å². The summed E-state index contributed by atoms with van der Waals surface area (Å²) in [5.74, 6) is 0. The Labute approximate surface area is 56.0 Å². The van der Waals surface area contributed by atoms with Gasteiger partial charge in [-0.05, 0) is 0 Å². The molecule has 0 aromatic carbocycles. The molecule has 0 atom stereocenters. The van der Waals surface area contributed by atoms with Gasteiger partial charge in [0.25, 0.3) is 0 Å². The highest BCUT2D eigenvalue weighted by Gasteiger charge is 2.16. The van der Waals surface area contributed by atoms with Crippen LogP contribution in [-0.2, 0) is 23.4 Å². The Kier molecular flexibility index (Phi) is 2.41. The molecule has 56 valence electrons. The van der Waals surface area contributed by atoms with E-state index in [1.807, 2.05) is 0 Å². The number of halogens is 1. The molecule has 0 unspecified atom stereocenters. The van der Waals surface area contributed by atoms with Crippen LogP contribution in [0, 0.1) is 0 Å². The van der Waals surface area contributed by atoms with E-state index in [2.05, 4.69) is 14.3 Å². The van der Waals surface area contributed by atoms with Crippen LogP contribution in [0.25, 0.3) is 0 Å². The molecule has 0 aromatic heterocycles. The van der Waals surface area contributed by atoms with Gasteiger partial charge in [0.15, 0.2) is 0 Å². The predicted molar refractivity (Wildman–Crippen MR) is 27.4 cm³/mol. The van der Waals surface area contributed by atoms with Gasteiger partial charge >= 0.3 is 19.7 Å². The lowest BCUT2D eigenvalue weighted by Gasteiger charge is -1.88. The fourth-order valence-corrected chi connectivity index (χ4v) is 1.51. The number of rotatable bonds is 2. The third-order valence-electron chi connectivity index (χ3n) is 0.167. The average molecular weight is 197 g/mol. The standard InChI is InChI=1S/ClHO6S2/c1-8(2,3)7-9(4,5)6/h(H,4,5,6). The van der Waals surface area contributed by atoms with E-state index in [1.165, 1.54) is 0 Å². The Morgan fingerprint density at radius 2 is 1.56 bits per heavy atom. The molecule has 0 heterocycles. The topological polar surface area (TPSA) is 97.7 Å². The Balaban J connectivity index is 4.46. The van der Waals surface area contributed by atoms with Crippen LogP contribution in [0.2, 0.25) is 0 Å². The van der Waals surface area contributed by atoms with Crippen LogP contribution in [-0.4, -0.2) is 21.4 Å². The van der Waals surface area contributed by atoms with Crippen molar-refractivity contribution in [2.45, 2.75) is 0 Å². The van der Waals surface area contributed by atoms with Crippen molar-refractivity contribution >= 4 is 30.4 Å². The van der Waals surface area contributed by atoms with Gasteiger partial charge in [-0.3, -0.25) is 4.55 Å². The Morgan fingerprint density at radius 1 is 1.22 bits per heavy atom. The normalized spacial score (nSPS) is 13.6. The molecule has 0 radical (unpaired) electrons. The van der Waals surface area contributed by atoms with Crippen LogP contribution in [0.1, 0.15) is 0 Å². The van der Waals surface area contributed by atoms with Gasteiger partial charge in [0.2, 0.25) is 0 Å². The van der Waals surface area contributed by atoms with Crippen molar-refractivity contribution in [2.75, 3.05) is 0 Å². The second-order valence-electron chi connectivity index (χ2n) is 0.889. The molecule has 0 rings (SSSR count). The molecule has 0 amide bonds. The molecule has 0 aliphatic carbocycles. The van der Waals surface area contributed by atoms with Gasteiger partial charge in [-0.25, -0.2) is 0 Å². The zero-order valence-electron chi connectivity index (χ0n) is 3.68. The molecule has 0 saturated heterocycles.